The Morgan fingerprint density at radius 2 is 2.35 bits per heavy atom. The summed E-state index contributed by atoms with van der Waals surface area (Å²) in [5, 5.41) is 13.9. The maximum absolute atomic E-state index is 6.18. The molecule has 0 radical (unpaired) electrons. The van der Waals surface area contributed by atoms with Gasteiger partial charge < -0.3 is 4.74 Å². The number of H-pyrrole nitrogens is 1. The Morgan fingerprint density at radius 1 is 1.48 bits per heavy atom. The van der Waals surface area contributed by atoms with Gasteiger partial charge in [0.05, 0.1) is 22.7 Å². The zero-order chi connectivity index (χ0) is 16.2. The molecular formula is C15H13ClN4OS2. The molecule has 1 N–H and O–H groups in total. The highest BCUT2D eigenvalue weighted by molar-refractivity contribution is 7.71. The van der Waals surface area contributed by atoms with E-state index in [1.807, 2.05) is 36.6 Å². The van der Waals surface area contributed by atoms with Gasteiger partial charge in [-0.05, 0) is 54.4 Å². The minimum absolute atomic E-state index is 0.432. The van der Waals surface area contributed by atoms with E-state index in [9.17, 15) is 0 Å². The van der Waals surface area contributed by atoms with Gasteiger partial charge in [0.2, 0.25) is 4.77 Å². The zero-order valence-corrected chi connectivity index (χ0v) is 14.6. The van der Waals surface area contributed by atoms with Crippen molar-refractivity contribution in [3.8, 4) is 16.5 Å². The number of rotatable bonds is 5. The van der Waals surface area contributed by atoms with Gasteiger partial charge >= 0.3 is 0 Å². The van der Waals surface area contributed by atoms with E-state index in [0.717, 1.165) is 10.4 Å². The van der Waals surface area contributed by atoms with Crippen molar-refractivity contribution in [2.45, 2.75) is 6.92 Å². The maximum atomic E-state index is 6.18. The smallest absolute Gasteiger partial charge is 0.216 e. The summed E-state index contributed by atoms with van der Waals surface area (Å²) in [6, 6.07) is 9.43. The summed E-state index contributed by atoms with van der Waals surface area (Å²) < 4.78 is 7.44. The first kappa shape index (κ1) is 15.9. The number of hydrogen-bond donors (Lipinski definition) is 1. The van der Waals surface area contributed by atoms with Crippen LogP contribution in [0.2, 0.25) is 5.02 Å². The van der Waals surface area contributed by atoms with E-state index in [0.29, 0.717) is 28.0 Å². The van der Waals surface area contributed by atoms with E-state index in [1.54, 1.807) is 28.3 Å². The van der Waals surface area contributed by atoms with Crippen molar-refractivity contribution < 1.29 is 4.74 Å². The monoisotopic (exact) mass is 364 g/mol. The second-order valence-corrected chi connectivity index (χ2v) is 6.25. The van der Waals surface area contributed by atoms with Crippen molar-refractivity contribution in [2.75, 3.05) is 6.61 Å². The van der Waals surface area contributed by atoms with Crippen LogP contribution in [0.3, 0.4) is 0 Å². The molecule has 23 heavy (non-hydrogen) atoms. The summed E-state index contributed by atoms with van der Waals surface area (Å²) >= 11 is 13.0. The molecule has 0 aliphatic rings. The minimum atomic E-state index is 0.432. The largest absolute Gasteiger partial charge is 0.492 e. The Kier molecular flexibility index (Phi) is 4.90. The van der Waals surface area contributed by atoms with E-state index < -0.39 is 0 Å². The van der Waals surface area contributed by atoms with Crippen LogP contribution in [0.25, 0.3) is 10.7 Å². The van der Waals surface area contributed by atoms with Gasteiger partial charge in [0.1, 0.15) is 5.75 Å². The number of benzene rings is 1. The lowest BCUT2D eigenvalue weighted by Crippen LogP contribution is -1.95. The fourth-order valence-electron chi connectivity index (χ4n) is 1.96. The summed E-state index contributed by atoms with van der Waals surface area (Å²) in [5.74, 6) is 1.34. The van der Waals surface area contributed by atoms with Gasteiger partial charge in [0.25, 0.3) is 0 Å². The lowest BCUT2D eigenvalue weighted by Gasteiger charge is -2.05. The number of aromatic amines is 1. The van der Waals surface area contributed by atoms with Crippen LogP contribution in [0, 0.1) is 4.77 Å². The van der Waals surface area contributed by atoms with Crippen molar-refractivity contribution in [1.82, 2.24) is 14.9 Å². The number of thiophene rings is 1. The molecule has 8 heteroatoms. The van der Waals surface area contributed by atoms with Crippen LogP contribution in [0.15, 0.2) is 40.8 Å². The molecule has 0 atom stereocenters. The van der Waals surface area contributed by atoms with E-state index in [1.165, 1.54) is 0 Å². The Hall–Kier alpha value is -1.96. The first-order valence-electron chi connectivity index (χ1n) is 6.87. The van der Waals surface area contributed by atoms with Gasteiger partial charge in [0.15, 0.2) is 5.82 Å². The SMILES string of the molecule is CCOc1ccc(/C=N\n2c(-c3cccs3)n[nH]c2=S)cc1Cl. The molecule has 0 spiro atoms. The summed E-state index contributed by atoms with van der Waals surface area (Å²) in [7, 11) is 0. The first-order chi connectivity index (χ1) is 11.2. The molecule has 5 nitrogen and oxygen atoms in total. The Morgan fingerprint density at radius 3 is 3.04 bits per heavy atom. The second-order valence-electron chi connectivity index (χ2n) is 4.51. The molecule has 2 aromatic heterocycles. The molecule has 1 aromatic carbocycles. The fraction of sp³-hybridized carbons (Fsp3) is 0.133. The van der Waals surface area contributed by atoms with Crippen molar-refractivity contribution in [3.63, 3.8) is 0 Å². The standard InChI is InChI=1S/C15H13ClN4OS2/c1-2-21-12-6-5-10(8-11(12)16)9-17-20-14(18-19-15(20)22)13-4-3-7-23-13/h3-9H,2H2,1H3,(H,19,22)/b17-9-. The summed E-state index contributed by atoms with van der Waals surface area (Å²) in [5.41, 5.74) is 0.846. The fourth-order valence-corrected chi connectivity index (χ4v) is 3.08. The summed E-state index contributed by atoms with van der Waals surface area (Å²) in [6.45, 7) is 2.49. The van der Waals surface area contributed by atoms with Crippen molar-refractivity contribution in [3.05, 3.63) is 51.1 Å². The molecule has 0 saturated carbocycles. The van der Waals surface area contributed by atoms with E-state index >= 15 is 0 Å². The zero-order valence-electron chi connectivity index (χ0n) is 12.2. The number of aromatic nitrogens is 3. The number of ether oxygens (including phenoxy) is 1. The lowest BCUT2D eigenvalue weighted by molar-refractivity contribution is 0.340. The molecule has 0 aliphatic carbocycles. The topological polar surface area (TPSA) is 55.2 Å². The molecule has 0 saturated heterocycles. The van der Waals surface area contributed by atoms with Crippen molar-refractivity contribution in [1.29, 1.82) is 0 Å². The summed E-state index contributed by atoms with van der Waals surface area (Å²) in [6.07, 6.45) is 1.68. The highest BCUT2D eigenvalue weighted by Crippen LogP contribution is 2.25. The van der Waals surface area contributed by atoms with Crippen LogP contribution in [0.4, 0.5) is 0 Å². The van der Waals surface area contributed by atoms with Gasteiger partial charge in [-0.15, -0.1) is 11.3 Å². The molecule has 0 unspecified atom stereocenters. The normalized spacial score (nSPS) is 11.2. The molecule has 0 fully saturated rings. The average Bonchev–Trinajstić information content (AvgIpc) is 3.17. The number of hydrogen-bond acceptors (Lipinski definition) is 5. The quantitative estimate of drug-likeness (QED) is 0.531. The second kappa shape index (κ2) is 7.08. The average molecular weight is 365 g/mol. The van der Waals surface area contributed by atoms with E-state index in [2.05, 4.69) is 15.3 Å². The van der Waals surface area contributed by atoms with Crippen molar-refractivity contribution >= 4 is 41.4 Å². The minimum Gasteiger partial charge on any atom is -0.492 e. The Labute approximate surface area is 147 Å². The summed E-state index contributed by atoms with van der Waals surface area (Å²) in [4.78, 5) is 0.985. The van der Waals surface area contributed by atoms with Gasteiger partial charge in [-0.1, -0.05) is 17.7 Å². The maximum Gasteiger partial charge on any atom is 0.216 e. The molecular weight excluding hydrogens is 352 g/mol. The molecule has 0 bridgehead atoms. The Bertz CT molecular complexity index is 883. The molecule has 0 aliphatic heterocycles. The van der Waals surface area contributed by atoms with Gasteiger partial charge in [-0.3, -0.25) is 0 Å². The number of halogens is 1. The van der Waals surface area contributed by atoms with Gasteiger partial charge in [-0.25, -0.2) is 5.10 Å². The van der Waals surface area contributed by atoms with E-state index in [-0.39, 0.29) is 0 Å². The van der Waals surface area contributed by atoms with Crippen LogP contribution in [-0.4, -0.2) is 27.7 Å². The lowest BCUT2D eigenvalue weighted by atomic mass is 10.2. The van der Waals surface area contributed by atoms with Crippen LogP contribution in [0.5, 0.6) is 5.75 Å². The van der Waals surface area contributed by atoms with E-state index in [4.69, 9.17) is 28.6 Å². The third kappa shape index (κ3) is 3.52. The Balaban J connectivity index is 1.91. The van der Waals surface area contributed by atoms with Gasteiger partial charge in [-0.2, -0.15) is 14.9 Å². The van der Waals surface area contributed by atoms with Crippen LogP contribution in [0.1, 0.15) is 12.5 Å². The predicted molar refractivity (Wildman–Crippen MR) is 96.3 cm³/mol. The molecule has 0 amide bonds. The van der Waals surface area contributed by atoms with Crippen LogP contribution >= 0.6 is 35.2 Å². The third-order valence-electron chi connectivity index (χ3n) is 2.97. The molecule has 3 rings (SSSR count). The van der Waals surface area contributed by atoms with Crippen molar-refractivity contribution in [2.24, 2.45) is 5.10 Å². The third-order valence-corrected chi connectivity index (χ3v) is 4.40. The molecule has 2 heterocycles. The van der Waals surface area contributed by atoms with Crippen LogP contribution in [-0.2, 0) is 0 Å². The molecule has 3 aromatic rings. The van der Waals surface area contributed by atoms with Gasteiger partial charge in [0, 0.05) is 0 Å². The predicted octanol–water partition coefficient (Wildman–Crippen LogP) is 4.60. The first-order valence-corrected chi connectivity index (χ1v) is 8.53. The highest BCUT2D eigenvalue weighted by Gasteiger charge is 2.08. The van der Waals surface area contributed by atoms with Crippen LogP contribution < -0.4 is 4.74 Å². The number of nitrogens with one attached hydrogen (secondary N) is 1. The number of nitrogens with zero attached hydrogens (tertiary/aromatic N) is 3. The highest BCUT2D eigenvalue weighted by atomic mass is 35.5. The molecule has 118 valence electrons.